The van der Waals surface area contributed by atoms with E-state index in [2.05, 4.69) is 58.9 Å². The maximum atomic E-state index is 5.98. The SMILES string of the molecule is CC1=CC(CN2CCN(C)CC2)C(C(C)C)CC1Cc1nnc(-c2ccncc2)o1. The van der Waals surface area contributed by atoms with E-state index in [1.807, 2.05) is 12.1 Å². The lowest BCUT2D eigenvalue weighted by molar-refractivity contribution is 0.112. The van der Waals surface area contributed by atoms with E-state index in [0.29, 0.717) is 29.6 Å². The third-order valence-corrected chi connectivity index (χ3v) is 6.96. The van der Waals surface area contributed by atoms with Crippen LogP contribution < -0.4 is 0 Å². The Morgan fingerprint density at radius 2 is 1.83 bits per heavy atom. The summed E-state index contributed by atoms with van der Waals surface area (Å²) in [6.45, 7) is 13.0. The van der Waals surface area contributed by atoms with Gasteiger partial charge in [0.1, 0.15) is 0 Å². The average Bonchev–Trinajstić information content (AvgIpc) is 3.21. The zero-order valence-electron chi connectivity index (χ0n) is 18.8. The second kappa shape index (κ2) is 9.40. The van der Waals surface area contributed by atoms with Crippen molar-refractivity contribution in [3.63, 3.8) is 0 Å². The van der Waals surface area contributed by atoms with Crippen molar-refractivity contribution in [3.05, 3.63) is 42.1 Å². The van der Waals surface area contributed by atoms with Gasteiger partial charge >= 0.3 is 0 Å². The number of piperazine rings is 1. The van der Waals surface area contributed by atoms with Crippen LogP contribution in [0.3, 0.4) is 0 Å². The fourth-order valence-electron chi connectivity index (χ4n) is 4.97. The van der Waals surface area contributed by atoms with Crippen LogP contribution in [0.1, 0.15) is 33.1 Å². The van der Waals surface area contributed by atoms with Gasteiger partial charge in [0.25, 0.3) is 0 Å². The van der Waals surface area contributed by atoms with Crippen molar-refractivity contribution >= 4 is 0 Å². The van der Waals surface area contributed by atoms with Crippen LogP contribution in [0.2, 0.25) is 0 Å². The summed E-state index contributed by atoms with van der Waals surface area (Å²) in [5.74, 6) is 3.80. The van der Waals surface area contributed by atoms with Crippen LogP contribution in [0.25, 0.3) is 11.5 Å². The fraction of sp³-hybridized carbons (Fsp3) is 0.625. The molecule has 0 spiro atoms. The smallest absolute Gasteiger partial charge is 0.247 e. The van der Waals surface area contributed by atoms with Gasteiger partial charge in [0.15, 0.2) is 0 Å². The number of hydrogen-bond acceptors (Lipinski definition) is 6. The van der Waals surface area contributed by atoms with Crippen molar-refractivity contribution < 1.29 is 4.42 Å². The molecule has 6 nitrogen and oxygen atoms in total. The van der Waals surface area contributed by atoms with Crippen LogP contribution in [0.15, 0.2) is 40.6 Å². The summed E-state index contributed by atoms with van der Waals surface area (Å²) in [4.78, 5) is 9.14. The van der Waals surface area contributed by atoms with Gasteiger partial charge in [0, 0.05) is 57.1 Å². The lowest BCUT2D eigenvalue weighted by Crippen LogP contribution is -2.47. The number of rotatable bonds is 6. The Bertz CT molecular complexity index is 838. The third-order valence-electron chi connectivity index (χ3n) is 6.96. The van der Waals surface area contributed by atoms with Crippen molar-refractivity contribution in [2.45, 2.75) is 33.6 Å². The second-order valence-corrected chi connectivity index (χ2v) is 9.46. The molecule has 0 amide bonds. The molecule has 162 valence electrons. The van der Waals surface area contributed by atoms with Crippen LogP contribution in [0.4, 0.5) is 0 Å². The van der Waals surface area contributed by atoms with Gasteiger partial charge in [-0.25, -0.2) is 0 Å². The molecule has 1 aliphatic carbocycles. The Morgan fingerprint density at radius 1 is 1.10 bits per heavy atom. The average molecular weight is 410 g/mol. The summed E-state index contributed by atoms with van der Waals surface area (Å²) in [7, 11) is 2.22. The molecule has 0 saturated carbocycles. The van der Waals surface area contributed by atoms with Gasteiger partial charge in [-0.3, -0.25) is 4.98 Å². The van der Waals surface area contributed by atoms with Crippen molar-refractivity contribution in [1.82, 2.24) is 25.0 Å². The summed E-state index contributed by atoms with van der Waals surface area (Å²) in [5.41, 5.74) is 2.40. The molecular formula is C24H35N5O. The van der Waals surface area contributed by atoms with Crippen LogP contribution in [-0.2, 0) is 6.42 Å². The van der Waals surface area contributed by atoms with Crippen LogP contribution in [-0.4, -0.2) is 64.8 Å². The first-order chi connectivity index (χ1) is 14.5. The maximum Gasteiger partial charge on any atom is 0.247 e. The van der Waals surface area contributed by atoms with Gasteiger partial charge in [0.05, 0.1) is 0 Å². The van der Waals surface area contributed by atoms with Gasteiger partial charge in [-0.15, -0.1) is 10.2 Å². The van der Waals surface area contributed by atoms with Gasteiger partial charge in [-0.2, -0.15) is 0 Å². The van der Waals surface area contributed by atoms with E-state index in [1.54, 1.807) is 12.4 Å². The molecule has 3 unspecified atom stereocenters. The van der Waals surface area contributed by atoms with Crippen LogP contribution >= 0.6 is 0 Å². The molecule has 2 aromatic rings. The van der Waals surface area contributed by atoms with E-state index in [0.717, 1.165) is 17.9 Å². The topological polar surface area (TPSA) is 58.3 Å². The molecule has 30 heavy (non-hydrogen) atoms. The van der Waals surface area contributed by atoms with Crippen molar-refractivity contribution in [2.75, 3.05) is 39.8 Å². The van der Waals surface area contributed by atoms with Gasteiger partial charge in [0.2, 0.25) is 11.8 Å². The monoisotopic (exact) mass is 409 g/mol. The maximum absolute atomic E-state index is 5.98. The van der Waals surface area contributed by atoms with E-state index in [9.17, 15) is 0 Å². The number of nitrogens with zero attached hydrogens (tertiary/aromatic N) is 5. The van der Waals surface area contributed by atoms with E-state index >= 15 is 0 Å². The molecule has 3 heterocycles. The molecular weight excluding hydrogens is 374 g/mol. The minimum atomic E-state index is 0.479. The zero-order valence-corrected chi connectivity index (χ0v) is 18.8. The lowest BCUT2D eigenvalue weighted by Gasteiger charge is -2.41. The number of hydrogen-bond donors (Lipinski definition) is 0. The number of pyridine rings is 1. The molecule has 0 radical (unpaired) electrons. The molecule has 2 aromatic heterocycles. The molecule has 3 atom stereocenters. The Labute approximate surface area is 180 Å². The van der Waals surface area contributed by atoms with Gasteiger partial charge in [-0.1, -0.05) is 25.5 Å². The Kier molecular flexibility index (Phi) is 6.64. The molecule has 2 aliphatic rings. The number of aromatic nitrogens is 3. The zero-order chi connectivity index (χ0) is 21.1. The summed E-state index contributed by atoms with van der Waals surface area (Å²) in [6, 6.07) is 3.81. The Hall–Kier alpha value is -2.05. The molecule has 6 heteroatoms. The molecule has 0 N–H and O–H groups in total. The molecule has 0 aromatic carbocycles. The fourth-order valence-corrected chi connectivity index (χ4v) is 4.97. The van der Waals surface area contributed by atoms with Crippen molar-refractivity contribution in [2.24, 2.45) is 23.7 Å². The summed E-state index contributed by atoms with van der Waals surface area (Å²) < 4.78 is 5.98. The minimum absolute atomic E-state index is 0.479. The summed E-state index contributed by atoms with van der Waals surface area (Å²) in [5, 5.41) is 8.59. The molecule has 0 bridgehead atoms. The highest BCUT2D eigenvalue weighted by atomic mass is 16.4. The predicted octanol–water partition coefficient (Wildman–Crippen LogP) is 3.78. The van der Waals surface area contributed by atoms with E-state index < -0.39 is 0 Å². The van der Waals surface area contributed by atoms with Crippen LogP contribution in [0, 0.1) is 23.7 Å². The first-order valence-corrected chi connectivity index (χ1v) is 11.3. The minimum Gasteiger partial charge on any atom is -0.421 e. The third kappa shape index (κ3) is 4.98. The Morgan fingerprint density at radius 3 is 2.53 bits per heavy atom. The summed E-state index contributed by atoms with van der Waals surface area (Å²) >= 11 is 0. The molecule has 1 aliphatic heterocycles. The number of likely N-dealkylation sites (N-methyl/N-ethyl adjacent to an activating group) is 1. The largest absolute Gasteiger partial charge is 0.421 e. The molecule has 1 fully saturated rings. The highest BCUT2D eigenvalue weighted by Gasteiger charge is 2.33. The van der Waals surface area contributed by atoms with E-state index in [1.165, 1.54) is 44.7 Å². The Balaban J connectivity index is 1.44. The van der Waals surface area contributed by atoms with Gasteiger partial charge in [-0.05, 0) is 56.2 Å². The van der Waals surface area contributed by atoms with E-state index in [-0.39, 0.29) is 0 Å². The van der Waals surface area contributed by atoms with Gasteiger partial charge < -0.3 is 14.2 Å². The molecule has 4 rings (SSSR count). The van der Waals surface area contributed by atoms with Crippen LogP contribution in [0.5, 0.6) is 0 Å². The molecule has 1 saturated heterocycles. The van der Waals surface area contributed by atoms with Crippen molar-refractivity contribution in [3.8, 4) is 11.5 Å². The first-order valence-electron chi connectivity index (χ1n) is 11.3. The second-order valence-electron chi connectivity index (χ2n) is 9.46. The predicted molar refractivity (Wildman–Crippen MR) is 119 cm³/mol. The number of allylic oxidation sites excluding steroid dienone is 1. The highest BCUT2D eigenvalue weighted by molar-refractivity contribution is 5.50. The highest BCUT2D eigenvalue weighted by Crippen LogP contribution is 2.39. The lowest BCUT2D eigenvalue weighted by atomic mass is 9.69. The standard InChI is InChI=1S/C24H35N5O/c1-17(2)22-14-20(15-23-26-27-24(30-23)19-5-7-25-8-6-19)18(3)13-21(22)16-29-11-9-28(4)10-12-29/h5-8,13,17,20-22H,9-12,14-16H2,1-4H3. The van der Waals surface area contributed by atoms with E-state index in [4.69, 9.17) is 4.42 Å². The van der Waals surface area contributed by atoms with Crippen molar-refractivity contribution in [1.29, 1.82) is 0 Å². The normalized spacial score (nSPS) is 26.2. The summed E-state index contributed by atoms with van der Waals surface area (Å²) in [6.07, 6.45) is 8.08. The quantitative estimate of drug-likeness (QED) is 0.677. The first kappa shape index (κ1) is 21.2.